The molecular formula is C43H60F2. The van der Waals surface area contributed by atoms with Gasteiger partial charge in [0.1, 0.15) is 0 Å². The van der Waals surface area contributed by atoms with E-state index in [1.54, 1.807) is 13.0 Å². The molecule has 0 bridgehead atoms. The normalized spacial score (nSPS) is 13.8. The predicted octanol–water partition coefficient (Wildman–Crippen LogP) is 13.6. The molecule has 45 heavy (non-hydrogen) atoms. The third kappa shape index (κ3) is 12.2. The average Bonchev–Trinajstić information content (AvgIpc) is 3.05. The van der Waals surface area contributed by atoms with E-state index in [1.165, 1.54) is 65.2 Å². The van der Waals surface area contributed by atoms with Crippen LogP contribution in [0.1, 0.15) is 121 Å². The molecule has 0 saturated carbocycles. The molecule has 0 radical (unpaired) electrons. The van der Waals surface area contributed by atoms with E-state index in [4.69, 9.17) is 0 Å². The molecule has 246 valence electrons. The summed E-state index contributed by atoms with van der Waals surface area (Å²) in [5.74, 6) is 0.0700. The molecule has 0 saturated heterocycles. The van der Waals surface area contributed by atoms with E-state index < -0.39 is 11.6 Å². The molecule has 2 aromatic carbocycles. The first-order chi connectivity index (χ1) is 21.6. The number of rotatable bonds is 14. The van der Waals surface area contributed by atoms with Crippen molar-refractivity contribution in [3.05, 3.63) is 137 Å². The fourth-order valence-electron chi connectivity index (χ4n) is 5.93. The van der Waals surface area contributed by atoms with Crippen molar-refractivity contribution in [2.24, 2.45) is 11.8 Å². The van der Waals surface area contributed by atoms with Gasteiger partial charge in [-0.2, -0.15) is 0 Å². The van der Waals surface area contributed by atoms with Crippen LogP contribution in [0.25, 0.3) is 6.08 Å². The average molecular weight is 615 g/mol. The Balaban J connectivity index is 0.000000649. The minimum absolute atomic E-state index is 0.377. The van der Waals surface area contributed by atoms with Gasteiger partial charge in [-0.1, -0.05) is 135 Å². The quantitative estimate of drug-likeness (QED) is 0.186. The summed E-state index contributed by atoms with van der Waals surface area (Å²) in [5, 5.41) is 0. The maximum Gasteiger partial charge on any atom is 0.161 e. The van der Waals surface area contributed by atoms with Crippen molar-refractivity contribution in [2.75, 3.05) is 0 Å². The van der Waals surface area contributed by atoms with Crippen LogP contribution in [0.15, 0.2) is 97.2 Å². The first-order valence-corrected chi connectivity index (χ1v) is 17.2. The van der Waals surface area contributed by atoms with E-state index in [0.29, 0.717) is 23.3 Å². The highest BCUT2D eigenvalue weighted by Gasteiger charge is 2.21. The summed E-state index contributed by atoms with van der Waals surface area (Å²) in [6.45, 7) is 29.4. The number of halogens is 2. The van der Waals surface area contributed by atoms with Crippen molar-refractivity contribution in [3.8, 4) is 0 Å². The van der Waals surface area contributed by atoms with Gasteiger partial charge >= 0.3 is 0 Å². The Morgan fingerprint density at radius 2 is 1.64 bits per heavy atom. The van der Waals surface area contributed by atoms with Gasteiger partial charge in [-0.25, -0.2) is 8.78 Å². The van der Waals surface area contributed by atoms with Crippen molar-refractivity contribution in [1.82, 2.24) is 0 Å². The zero-order valence-electron chi connectivity index (χ0n) is 29.6. The van der Waals surface area contributed by atoms with Crippen LogP contribution in [0.3, 0.4) is 0 Å². The van der Waals surface area contributed by atoms with Crippen LogP contribution >= 0.6 is 0 Å². The molecule has 2 heteroatoms. The highest BCUT2D eigenvalue weighted by atomic mass is 19.2. The zero-order valence-corrected chi connectivity index (χ0v) is 29.6. The second kappa shape index (κ2) is 21.5. The lowest BCUT2D eigenvalue weighted by atomic mass is 9.78. The summed E-state index contributed by atoms with van der Waals surface area (Å²) in [6.07, 6.45) is 21.9. The molecule has 2 aromatic rings. The summed E-state index contributed by atoms with van der Waals surface area (Å²) in [7, 11) is 0. The van der Waals surface area contributed by atoms with Gasteiger partial charge in [0.15, 0.2) is 11.6 Å². The number of allylic oxidation sites excluding steroid dienone is 8. The molecule has 2 unspecified atom stereocenters. The van der Waals surface area contributed by atoms with Crippen molar-refractivity contribution < 1.29 is 8.78 Å². The van der Waals surface area contributed by atoms with E-state index in [0.717, 1.165) is 31.2 Å². The number of hydrogen-bond acceptors (Lipinski definition) is 0. The molecule has 2 atom stereocenters. The maximum absolute atomic E-state index is 12.7. The predicted molar refractivity (Wildman–Crippen MR) is 197 cm³/mol. The monoisotopic (exact) mass is 614 g/mol. The highest BCUT2D eigenvalue weighted by molar-refractivity contribution is 5.54. The number of aryl methyl sites for hydroxylation is 3. The van der Waals surface area contributed by atoms with Crippen molar-refractivity contribution in [2.45, 2.75) is 113 Å². The Labute approximate surface area is 275 Å². The fourth-order valence-corrected chi connectivity index (χ4v) is 5.93. The molecular weight excluding hydrogens is 554 g/mol. The van der Waals surface area contributed by atoms with E-state index in [9.17, 15) is 8.78 Å². The smallest absolute Gasteiger partial charge is 0.161 e. The molecule has 0 N–H and O–H groups in total. The van der Waals surface area contributed by atoms with Crippen molar-refractivity contribution in [3.63, 3.8) is 0 Å². The minimum atomic E-state index is -0.748. The van der Waals surface area contributed by atoms with E-state index >= 15 is 0 Å². The van der Waals surface area contributed by atoms with Gasteiger partial charge in [-0.05, 0) is 108 Å². The third-order valence-corrected chi connectivity index (χ3v) is 8.55. The molecule has 0 fully saturated rings. The Hall–Kier alpha value is -3.26. The first kappa shape index (κ1) is 39.8. The molecule has 1 aliphatic carbocycles. The van der Waals surface area contributed by atoms with Crippen LogP contribution in [0.2, 0.25) is 0 Å². The second-order valence-electron chi connectivity index (χ2n) is 11.9. The van der Waals surface area contributed by atoms with Crippen LogP contribution in [0.5, 0.6) is 0 Å². The first-order valence-electron chi connectivity index (χ1n) is 17.2. The SMILES string of the molecule is C=CC(c1ccc(/C=C/CC(C)C(=C)C2=CC=CCC2=C)cc1CC)C(CCC)CCC.CC.CCc1cc(C)c(F)c(F)c1. The van der Waals surface area contributed by atoms with Crippen LogP contribution in [0, 0.1) is 30.4 Å². The lowest BCUT2D eigenvalue weighted by Gasteiger charge is -2.26. The zero-order chi connectivity index (χ0) is 33.9. The van der Waals surface area contributed by atoms with E-state index in [-0.39, 0.29) is 0 Å². The summed E-state index contributed by atoms with van der Waals surface area (Å²) in [4.78, 5) is 0. The van der Waals surface area contributed by atoms with Crippen molar-refractivity contribution in [1.29, 1.82) is 0 Å². The van der Waals surface area contributed by atoms with Gasteiger partial charge in [-0.3, -0.25) is 0 Å². The van der Waals surface area contributed by atoms with Crippen LogP contribution in [-0.4, -0.2) is 0 Å². The Bertz CT molecular complexity index is 1290. The van der Waals surface area contributed by atoms with Crippen molar-refractivity contribution >= 4 is 6.08 Å². The third-order valence-electron chi connectivity index (χ3n) is 8.55. The summed E-state index contributed by atoms with van der Waals surface area (Å²) >= 11 is 0. The fraction of sp³-hybridized carbons (Fsp3) is 0.442. The lowest BCUT2D eigenvalue weighted by molar-refractivity contribution is 0.402. The van der Waals surface area contributed by atoms with E-state index in [2.05, 4.69) is 102 Å². The van der Waals surface area contributed by atoms with Crippen LogP contribution in [0.4, 0.5) is 8.78 Å². The van der Waals surface area contributed by atoms with E-state index in [1.807, 2.05) is 20.8 Å². The van der Waals surface area contributed by atoms with Gasteiger partial charge in [0.25, 0.3) is 0 Å². The summed E-state index contributed by atoms with van der Waals surface area (Å²) < 4.78 is 25.3. The van der Waals surface area contributed by atoms with Crippen LogP contribution in [-0.2, 0) is 12.8 Å². The van der Waals surface area contributed by atoms with Gasteiger partial charge in [0, 0.05) is 5.92 Å². The van der Waals surface area contributed by atoms with Gasteiger partial charge < -0.3 is 0 Å². The standard InChI is InChI=1S/C32H44.C9H10F2.C2H6/c1-8-15-29(16-9-2)30(11-4)32-22-21-27(23-28(32)10-3)19-14-18-24(5)26(7)31-20-13-12-17-25(31)6;1-3-7-4-6(2)9(11)8(10)5-7;1-2/h11-14,19-24,29-30H,4,6-10,15-18H2,1-3,5H3;4-5H,3H2,1-2H3;1-2H3/b19-14+;;. The maximum atomic E-state index is 12.7. The summed E-state index contributed by atoms with van der Waals surface area (Å²) in [5.41, 5.74) is 9.04. The molecule has 0 amide bonds. The van der Waals surface area contributed by atoms with Gasteiger partial charge in [-0.15, -0.1) is 6.58 Å². The molecule has 0 nitrogen and oxygen atoms in total. The molecule has 1 aliphatic rings. The molecule has 0 aromatic heterocycles. The van der Waals surface area contributed by atoms with Gasteiger partial charge in [0.2, 0.25) is 0 Å². The number of benzene rings is 2. The molecule has 0 spiro atoms. The topological polar surface area (TPSA) is 0 Å². The highest BCUT2D eigenvalue weighted by Crippen LogP contribution is 2.35. The largest absolute Gasteiger partial charge is 0.204 e. The van der Waals surface area contributed by atoms with Gasteiger partial charge in [0.05, 0.1) is 0 Å². The van der Waals surface area contributed by atoms with Crippen LogP contribution < -0.4 is 0 Å². The molecule has 0 heterocycles. The second-order valence-corrected chi connectivity index (χ2v) is 11.9. The Morgan fingerprint density at radius 1 is 0.978 bits per heavy atom. The molecule has 0 aliphatic heterocycles. The lowest BCUT2D eigenvalue weighted by Crippen LogP contribution is -2.13. The Kier molecular flexibility index (Phi) is 19.0. The number of hydrogen-bond donors (Lipinski definition) is 0. The Morgan fingerprint density at radius 3 is 2.18 bits per heavy atom. The molecule has 3 rings (SSSR count). The minimum Gasteiger partial charge on any atom is -0.204 e. The summed E-state index contributed by atoms with van der Waals surface area (Å²) in [6, 6.07) is 9.93.